The van der Waals surface area contributed by atoms with E-state index in [4.69, 9.17) is 10.5 Å². The Morgan fingerprint density at radius 3 is 2.66 bits per heavy atom. The van der Waals surface area contributed by atoms with Gasteiger partial charge in [-0.15, -0.1) is 5.10 Å². The molecular formula is C20H16N8O. The summed E-state index contributed by atoms with van der Waals surface area (Å²) in [5.41, 5.74) is 8.80. The molecule has 0 unspecified atom stereocenters. The van der Waals surface area contributed by atoms with Crippen LogP contribution in [0.2, 0.25) is 0 Å². The topological polar surface area (TPSA) is 128 Å². The van der Waals surface area contributed by atoms with Crippen LogP contribution in [0.15, 0.2) is 55.0 Å². The third-order valence-electron chi connectivity index (χ3n) is 4.18. The van der Waals surface area contributed by atoms with E-state index >= 15 is 0 Å². The second kappa shape index (κ2) is 7.84. The van der Waals surface area contributed by atoms with Crippen molar-refractivity contribution in [1.82, 2.24) is 29.9 Å². The number of nitriles is 1. The molecule has 0 aliphatic heterocycles. The highest BCUT2D eigenvalue weighted by molar-refractivity contribution is 5.66. The number of rotatable bonds is 5. The molecule has 3 aromatic heterocycles. The lowest BCUT2D eigenvalue weighted by Crippen LogP contribution is -2.01. The third-order valence-corrected chi connectivity index (χ3v) is 4.18. The molecule has 142 valence electrons. The molecule has 4 rings (SSSR count). The molecule has 0 amide bonds. The first kappa shape index (κ1) is 18.2. The van der Waals surface area contributed by atoms with Gasteiger partial charge in [-0.2, -0.15) is 15.5 Å². The van der Waals surface area contributed by atoms with Crippen LogP contribution in [0.25, 0.3) is 22.8 Å². The highest BCUT2D eigenvalue weighted by atomic mass is 16.5. The van der Waals surface area contributed by atoms with Crippen LogP contribution in [0.5, 0.6) is 11.6 Å². The zero-order valence-corrected chi connectivity index (χ0v) is 15.5. The summed E-state index contributed by atoms with van der Waals surface area (Å²) < 4.78 is 7.68. The van der Waals surface area contributed by atoms with E-state index in [-0.39, 0.29) is 0 Å². The Labute approximate surface area is 166 Å². The van der Waals surface area contributed by atoms with E-state index in [0.29, 0.717) is 46.5 Å². The molecule has 0 bridgehead atoms. The van der Waals surface area contributed by atoms with Crippen molar-refractivity contribution in [3.05, 3.63) is 66.1 Å². The summed E-state index contributed by atoms with van der Waals surface area (Å²) >= 11 is 0. The zero-order valence-electron chi connectivity index (χ0n) is 15.5. The van der Waals surface area contributed by atoms with E-state index < -0.39 is 0 Å². The number of hydrogen-bond acceptors (Lipinski definition) is 8. The van der Waals surface area contributed by atoms with Gasteiger partial charge < -0.3 is 10.5 Å². The van der Waals surface area contributed by atoms with Gasteiger partial charge in [0.25, 0.3) is 0 Å². The van der Waals surface area contributed by atoms with Crippen molar-refractivity contribution >= 4 is 0 Å². The molecule has 4 aromatic rings. The molecule has 1 aromatic carbocycles. The van der Waals surface area contributed by atoms with Gasteiger partial charge in [0.05, 0.1) is 17.2 Å². The van der Waals surface area contributed by atoms with Crippen molar-refractivity contribution in [2.75, 3.05) is 0 Å². The molecular weight excluding hydrogens is 368 g/mol. The first-order valence-electron chi connectivity index (χ1n) is 8.73. The maximum atomic E-state index is 9.28. The molecule has 0 spiro atoms. The Morgan fingerprint density at radius 2 is 1.97 bits per heavy atom. The first-order chi connectivity index (χ1) is 14.2. The van der Waals surface area contributed by atoms with Crippen molar-refractivity contribution < 1.29 is 4.74 Å². The molecule has 0 radical (unpaired) electrons. The van der Waals surface area contributed by atoms with Crippen LogP contribution in [0.1, 0.15) is 11.1 Å². The van der Waals surface area contributed by atoms with Crippen LogP contribution in [0, 0.1) is 11.3 Å². The second-order valence-electron chi connectivity index (χ2n) is 6.14. The average Bonchev–Trinajstić information content (AvgIpc) is 3.14. The van der Waals surface area contributed by atoms with Gasteiger partial charge in [0.2, 0.25) is 5.88 Å². The first-order valence-corrected chi connectivity index (χ1v) is 8.73. The largest absolute Gasteiger partial charge is 0.438 e. The van der Waals surface area contributed by atoms with Crippen molar-refractivity contribution in [2.24, 2.45) is 12.8 Å². The molecule has 9 nitrogen and oxygen atoms in total. The second-order valence-corrected chi connectivity index (χ2v) is 6.14. The smallest absolute Gasteiger partial charge is 0.218 e. The number of ether oxygens (including phenoxy) is 1. The Bertz CT molecular complexity index is 1180. The maximum absolute atomic E-state index is 9.28. The van der Waals surface area contributed by atoms with Gasteiger partial charge in [-0.25, -0.2) is 14.6 Å². The van der Waals surface area contributed by atoms with Gasteiger partial charge in [-0.3, -0.25) is 0 Å². The van der Waals surface area contributed by atoms with Crippen molar-refractivity contribution in [2.45, 2.75) is 6.54 Å². The molecule has 0 atom stereocenters. The van der Waals surface area contributed by atoms with Crippen LogP contribution >= 0.6 is 0 Å². The minimum Gasteiger partial charge on any atom is -0.438 e. The van der Waals surface area contributed by atoms with Gasteiger partial charge in [0.15, 0.2) is 5.82 Å². The van der Waals surface area contributed by atoms with Crippen molar-refractivity contribution in [3.8, 4) is 40.5 Å². The summed E-state index contributed by atoms with van der Waals surface area (Å²) in [5, 5.41) is 21.6. The fourth-order valence-corrected chi connectivity index (χ4v) is 2.68. The predicted molar refractivity (Wildman–Crippen MR) is 104 cm³/mol. The quantitative estimate of drug-likeness (QED) is 0.555. The molecule has 0 aliphatic carbocycles. The van der Waals surface area contributed by atoms with Gasteiger partial charge in [0, 0.05) is 43.8 Å². The van der Waals surface area contributed by atoms with Crippen LogP contribution in [0.3, 0.4) is 0 Å². The number of aryl methyl sites for hydroxylation is 1. The van der Waals surface area contributed by atoms with Crippen LogP contribution in [-0.4, -0.2) is 29.9 Å². The van der Waals surface area contributed by atoms with Gasteiger partial charge in [-0.1, -0.05) is 0 Å². The lowest BCUT2D eigenvalue weighted by atomic mass is 10.1. The van der Waals surface area contributed by atoms with E-state index in [1.165, 1.54) is 0 Å². The predicted octanol–water partition coefficient (Wildman–Crippen LogP) is 2.46. The Kier molecular flexibility index (Phi) is 4.92. The van der Waals surface area contributed by atoms with Gasteiger partial charge in [-0.05, 0) is 30.3 Å². The van der Waals surface area contributed by atoms with Crippen LogP contribution in [0.4, 0.5) is 0 Å². The summed E-state index contributed by atoms with van der Waals surface area (Å²) in [5.74, 6) is 1.39. The standard InChI is InChI=1S/C20H16N8O/c1-28-19(8-17(27-28)16-3-2-6-25-26-16)29-18-7-13(9-21)4-5-15(18)20-23-11-14(10-22)12-24-20/h2-8,11-12H,10,22H2,1H3. The fourth-order valence-electron chi connectivity index (χ4n) is 2.68. The Balaban J connectivity index is 1.73. The summed E-state index contributed by atoms with van der Waals surface area (Å²) in [6.07, 6.45) is 4.93. The fraction of sp³-hybridized carbons (Fsp3) is 0.100. The molecule has 0 saturated heterocycles. The number of nitrogens with zero attached hydrogens (tertiary/aromatic N) is 7. The highest BCUT2D eigenvalue weighted by Gasteiger charge is 2.15. The van der Waals surface area contributed by atoms with Crippen LogP contribution in [-0.2, 0) is 13.6 Å². The monoisotopic (exact) mass is 384 g/mol. The van der Waals surface area contributed by atoms with Gasteiger partial charge >= 0.3 is 0 Å². The molecule has 2 N–H and O–H groups in total. The summed E-state index contributed by atoms with van der Waals surface area (Å²) in [6.45, 7) is 0.358. The Hall–Kier alpha value is -4.16. The van der Waals surface area contributed by atoms with Crippen molar-refractivity contribution in [1.29, 1.82) is 5.26 Å². The normalized spacial score (nSPS) is 10.5. The zero-order chi connectivity index (χ0) is 20.2. The molecule has 0 fully saturated rings. The number of aromatic nitrogens is 6. The lowest BCUT2D eigenvalue weighted by molar-refractivity contribution is 0.432. The average molecular weight is 384 g/mol. The van der Waals surface area contributed by atoms with Crippen LogP contribution < -0.4 is 10.5 Å². The molecule has 29 heavy (non-hydrogen) atoms. The minimum absolute atomic E-state index is 0.358. The summed E-state index contributed by atoms with van der Waals surface area (Å²) in [6, 6.07) is 12.6. The number of benzene rings is 1. The maximum Gasteiger partial charge on any atom is 0.218 e. The summed E-state index contributed by atoms with van der Waals surface area (Å²) in [7, 11) is 1.76. The van der Waals surface area contributed by atoms with E-state index in [0.717, 1.165) is 5.56 Å². The van der Waals surface area contributed by atoms with E-state index in [1.54, 1.807) is 60.7 Å². The minimum atomic E-state index is 0.358. The van der Waals surface area contributed by atoms with Gasteiger partial charge in [0.1, 0.15) is 17.1 Å². The lowest BCUT2D eigenvalue weighted by Gasteiger charge is -2.11. The van der Waals surface area contributed by atoms with E-state index in [9.17, 15) is 5.26 Å². The molecule has 0 aliphatic rings. The summed E-state index contributed by atoms with van der Waals surface area (Å²) in [4.78, 5) is 8.72. The van der Waals surface area contributed by atoms with E-state index in [2.05, 4.69) is 31.3 Å². The SMILES string of the molecule is Cn1nc(-c2cccnn2)cc1Oc1cc(C#N)ccc1-c1ncc(CN)cn1. The van der Waals surface area contributed by atoms with E-state index in [1.807, 2.05) is 6.07 Å². The number of nitrogens with two attached hydrogens (primary N) is 1. The van der Waals surface area contributed by atoms with Crippen molar-refractivity contribution in [3.63, 3.8) is 0 Å². The highest BCUT2D eigenvalue weighted by Crippen LogP contribution is 2.33. The molecule has 3 heterocycles. The Morgan fingerprint density at radius 1 is 1.14 bits per heavy atom. The third kappa shape index (κ3) is 3.78. The molecule has 9 heteroatoms. The molecule has 0 saturated carbocycles. The number of hydrogen-bond donors (Lipinski definition) is 1.